The first-order chi connectivity index (χ1) is 39.0. The second-order valence-electron chi connectivity index (χ2n) is 20.1. The van der Waals surface area contributed by atoms with Gasteiger partial charge in [-0.15, -0.1) is 0 Å². The number of benzene rings is 11. The quantitative estimate of drug-likeness (QED) is 0.127. The number of fused-ring (bicyclic) bond motifs is 8. The molecule has 15 aromatic rings. The molecular formula is C70H48N8S. The Kier molecular flexibility index (Phi) is 11.0. The van der Waals surface area contributed by atoms with Crippen LogP contribution in [0.1, 0.15) is 11.1 Å². The van der Waals surface area contributed by atoms with Gasteiger partial charge in [0.2, 0.25) is 0 Å². The highest BCUT2D eigenvalue weighted by Gasteiger charge is 2.32. The molecule has 9 heteroatoms. The van der Waals surface area contributed by atoms with E-state index in [0.717, 1.165) is 123 Å². The average molecular weight is 1030 g/mol. The predicted octanol–water partition coefficient (Wildman–Crippen LogP) is 18.7. The van der Waals surface area contributed by atoms with Crippen molar-refractivity contribution in [3.8, 4) is 33.9 Å². The van der Waals surface area contributed by atoms with E-state index in [0.29, 0.717) is 22.1 Å². The van der Waals surface area contributed by atoms with Crippen LogP contribution in [0.5, 0.6) is 0 Å². The normalized spacial score (nSPS) is 11.7. The van der Waals surface area contributed by atoms with E-state index in [2.05, 4.69) is 275 Å². The highest BCUT2D eigenvalue weighted by atomic mass is 32.1. The Balaban J connectivity index is 1.07. The van der Waals surface area contributed by atoms with Gasteiger partial charge in [0.15, 0.2) is 0 Å². The second-order valence-corrected chi connectivity index (χ2v) is 20.7. The molecule has 0 bridgehead atoms. The minimum Gasteiger partial charge on any atom is -0.309 e. The molecule has 79 heavy (non-hydrogen) atoms. The van der Waals surface area contributed by atoms with Crippen LogP contribution in [0.25, 0.3) is 99.6 Å². The third-order valence-corrected chi connectivity index (χ3v) is 15.8. The topological polar surface area (TPSA) is 67.9 Å². The molecule has 0 aliphatic rings. The summed E-state index contributed by atoms with van der Waals surface area (Å²) in [5, 5.41) is 4.56. The lowest BCUT2D eigenvalue weighted by atomic mass is 10.0. The summed E-state index contributed by atoms with van der Waals surface area (Å²) in [5.41, 5.74) is 20.6. The highest BCUT2D eigenvalue weighted by Crippen LogP contribution is 2.52. The number of para-hydroxylation sites is 4. The maximum absolute atomic E-state index is 5.97. The molecular weight excluding hydrogens is 985 g/mol. The van der Waals surface area contributed by atoms with E-state index < -0.39 is 0 Å². The van der Waals surface area contributed by atoms with E-state index in [1.54, 1.807) is 0 Å². The molecule has 4 heterocycles. The summed E-state index contributed by atoms with van der Waals surface area (Å²) in [5.74, 6) is 0. The Bertz CT molecular complexity index is 4480. The van der Waals surface area contributed by atoms with Gasteiger partial charge in [-0.25, -0.2) is 9.97 Å². The first-order valence-corrected chi connectivity index (χ1v) is 27.3. The van der Waals surface area contributed by atoms with Gasteiger partial charge < -0.3 is 18.9 Å². The van der Waals surface area contributed by atoms with E-state index in [-0.39, 0.29) is 0 Å². The Morgan fingerprint density at radius 3 is 1.06 bits per heavy atom. The average Bonchev–Trinajstić information content (AvgIpc) is 4.36. The summed E-state index contributed by atoms with van der Waals surface area (Å²) in [7, 11) is 0. The Labute approximate surface area is 460 Å². The van der Waals surface area contributed by atoms with Gasteiger partial charge in [-0.05, 0) is 111 Å². The molecule has 8 nitrogen and oxygen atoms in total. The fourth-order valence-electron chi connectivity index (χ4n) is 11.6. The van der Waals surface area contributed by atoms with Gasteiger partial charge in [-0.1, -0.05) is 169 Å². The number of rotatable bonds is 10. The maximum Gasteiger partial charge on any atom is 0.133 e. The van der Waals surface area contributed by atoms with Crippen LogP contribution in [0, 0.1) is 13.8 Å². The number of nitrogens with zero attached hydrogens (tertiary/aromatic N) is 8. The van der Waals surface area contributed by atoms with Crippen molar-refractivity contribution in [2.24, 2.45) is 0 Å². The van der Waals surface area contributed by atoms with Crippen molar-refractivity contribution in [3.63, 3.8) is 0 Å². The second kappa shape index (κ2) is 18.8. The molecule has 0 fully saturated rings. The number of anilines is 6. The van der Waals surface area contributed by atoms with Crippen LogP contribution in [0.3, 0.4) is 0 Å². The molecule has 0 aliphatic heterocycles. The third kappa shape index (κ3) is 7.65. The summed E-state index contributed by atoms with van der Waals surface area (Å²) < 4.78 is 15.4. The van der Waals surface area contributed by atoms with Crippen LogP contribution >= 0.6 is 11.7 Å². The molecule has 0 saturated heterocycles. The predicted molar refractivity (Wildman–Crippen MR) is 329 cm³/mol. The number of aromatic nitrogens is 6. The zero-order valence-electron chi connectivity index (χ0n) is 43.2. The Hall–Kier alpha value is -10.2. The number of hydrogen-bond donors (Lipinski definition) is 0. The molecule has 0 amide bonds. The molecule has 0 N–H and O–H groups in total. The van der Waals surface area contributed by atoms with Crippen molar-refractivity contribution < 1.29 is 0 Å². The molecule has 0 saturated carbocycles. The standard InChI is InChI=1S/C70H48N8S/c1-45-31-35-51(36-32-45)75(53-39-41-61-57(43-53)55-27-15-17-29-59(55)77(61)49-23-11-5-12-24-49)69-65-66(72-64(48-21-9-4-10-22-48)63(71-65)47-19-7-3-8-20-47)70(68-67(69)73-79-74-68)76(52-37-33-46(2)34-38-52)54-40-42-62-58(44-54)56-28-16-18-30-60(56)78(62)50-25-13-6-14-26-50/h3-44H,1-2H3. The molecule has 0 unspecified atom stereocenters. The van der Waals surface area contributed by atoms with E-state index in [4.69, 9.17) is 18.7 Å². The van der Waals surface area contributed by atoms with Crippen molar-refractivity contribution in [2.45, 2.75) is 13.8 Å². The maximum atomic E-state index is 5.97. The van der Waals surface area contributed by atoms with Crippen molar-refractivity contribution in [3.05, 3.63) is 266 Å². The van der Waals surface area contributed by atoms with Gasteiger partial charge in [-0.2, -0.15) is 8.75 Å². The monoisotopic (exact) mass is 1030 g/mol. The summed E-state index contributed by atoms with van der Waals surface area (Å²) in [6.07, 6.45) is 0. The lowest BCUT2D eigenvalue weighted by molar-refractivity contribution is 1.18. The number of aryl methyl sites for hydroxylation is 2. The van der Waals surface area contributed by atoms with Crippen LogP contribution < -0.4 is 9.80 Å². The molecule has 15 rings (SSSR count). The van der Waals surface area contributed by atoms with E-state index in [9.17, 15) is 0 Å². The first-order valence-electron chi connectivity index (χ1n) is 26.6. The molecule has 11 aromatic carbocycles. The van der Waals surface area contributed by atoms with Crippen LogP contribution in [0.15, 0.2) is 255 Å². The van der Waals surface area contributed by atoms with Crippen molar-refractivity contribution in [1.82, 2.24) is 27.8 Å². The zero-order chi connectivity index (χ0) is 52.6. The van der Waals surface area contributed by atoms with Crippen LogP contribution in [0.4, 0.5) is 34.1 Å². The van der Waals surface area contributed by atoms with Crippen molar-refractivity contribution in [2.75, 3.05) is 9.80 Å². The molecule has 0 spiro atoms. The molecule has 0 atom stereocenters. The van der Waals surface area contributed by atoms with Gasteiger partial charge in [0.25, 0.3) is 0 Å². The SMILES string of the molecule is Cc1ccc(N(c2ccc3c(c2)c2ccccc2n3-c2ccccc2)c2c3nsnc3c(N(c3ccc(C)cc3)c3ccc4c(c3)c3ccccc3n4-c3ccccc3)c3nc(-c4ccccc4)c(-c4ccccc4)nc23)cc1. The lowest BCUT2D eigenvalue weighted by Gasteiger charge is -2.31. The Morgan fingerprint density at radius 2 is 0.658 bits per heavy atom. The van der Waals surface area contributed by atoms with Crippen molar-refractivity contribution >= 4 is 112 Å². The Morgan fingerprint density at radius 1 is 0.316 bits per heavy atom. The molecule has 0 radical (unpaired) electrons. The molecule has 374 valence electrons. The lowest BCUT2D eigenvalue weighted by Crippen LogP contribution is -2.16. The van der Waals surface area contributed by atoms with Gasteiger partial charge in [0.05, 0.1) is 45.2 Å². The first kappa shape index (κ1) is 46.1. The summed E-state index contributed by atoms with van der Waals surface area (Å²) >= 11 is 1.21. The van der Waals surface area contributed by atoms with Gasteiger partial charge in [0.1, 0.15) is 33.4 Å². The summed E-state index contributed by atoms with van der Waals surface area (Å²) in [6, 6.07) is 90.6. The van der Waals surface area contributed by atoms with E-state index in [1.165, 1.54) is 11.7 Å². The summed E-state index contributed by atoms with van der Waals surface area (Å²) in [6.45, 7) is 4.26. The zero-order valence-corrected chi connectivity index (χ0v) is 44.1. The van der Waals surface area contributed by atoms with E-state index in [1.807, 2.05) is 12.1 Å². The van der Waals surface area contributed by atoms with Crippen LogP contribution in [-0.2, 0) is 0 Å². The van der Waals surface area contributed by atoms with Gasteiger partial charge in [0, 0.05) is 66.8 Å². The summed E-state index contributed by atoms with van der Waals surface area (Å²) in [4.78, 5) is 16.6. The van der Waals surface area contributed by atoms with E-state index >= 15 is 0 Å². The van der Waals surface area contributed by atoms with Gasteiger partial charge in [-0.3, -0.25) is 0 Å². The van der Waals surface area contributed by atoms with Crippen molar-refractivity contribution in [1.29, 1.82) is 0 Å². The minimum absolute atomic E-state index is 0.681. The van der Waals surface area contributed by atoms with Crippen LogP contribution in [-0.4, -0.2) is 27.8 Å². The number of hydrogen-bond acceptors (Lipinski definition) is 7. The molecule has 4 aromatic heterocycles. The van der Waals surface area contributed by atoms with Gasteiger partial charge >= 0.3 is 0 Å². The third-order valence-electron chi connectivity index (χ3n) is 15.3. The largest absolute Gasteiger partial charge is 0.309 e. The fourth-order valence-corrected chi connectivity index (χ4v) is 12.2. The van der Waals surface area contributed by atoms with Crippen LogP contribution in [0.2, 0.25) is 0 Å². The fraction of sp³-hybridized carbons (Fsp3) is 0.0286. The molecule has 0 aliphatic carbocycles. The minimum atomic E-state index is 0.681. The highest BCUT2D eigenvalue weighted by molar-refractivity contribution is 7.00. The smallest absolute Gasteiger partial charge is 0.133 e.